The van der Waals surface area contributed by atoms with E-state index in [1.54, 1.807) is 7.11 Å². The van der Waals surface area contributed by atoms with Crippen molar-refractivity contribution in [1.82, 2.24) is 0 Å². The normalized spacial score (nSPS) is 11.2. The highest BCUT2D eigenvalue weighted by Crippen LogP contribution is 2.22. The zero-order valence-electron chi connectivity index (χ0n) is 11.7. The van der Waals surface area contributed by atoms with E-state index in [1.807, 2.05) is 36.4 Å². The van der Waals surface area contributed by atoms with Gasteiger partial charge in [-0.15, -0.1) is 0 Å². The fourth-order valence-corrected chi connectivity index (χ4v) is 3.29. The predicted octanol–water partition coefficient (Wildman–Crippen LogP) is 2.10. The van der Waals surface area contributed by atoms with Crippen LogP contribution < -0.4 is 15.3 Å². The molecule has 0 bridgehead atoms. The number of benzene rings is 2. The molecule has 0 fully saturated rings. The van der Waals surface area contributed by atoms with Gasteiger partial charge in [0.2, 0.25) is 0 Å². The Labute approximate surface area is 121 Å². The monoisotopic (exact) mass is 290 g/mol. The van der Waals surface area contributed by atoms with Crippen molar-refractivity contribution in [1.29, 1.82) is 0 Å². The van der Waals surface area contributed by atoms with Crippen molar-refractivity contribution >= 4 is 19.2 Å². The second kappa shape index (κ2) is 7.39. The molecule has 0 amide bonds. The molecule has 0 aromatic heterocycles. The SMILES string of the molecule is COCOc1ccc(C)cc1Pc1ccccc1CO. The van der Waals surface area contributed by atoms with Gasteiger partial charge in [-0.05, 0) is 29.9 Å². The maximum atomic E-state index is 9.41. The van der Waals surface area contributed by atoms with Crippen molar-refractivity contribution in [2.75, 3.05) is 13.9 Å². The van der Waals surface area contributed by atoms with Crippen molar-refractivity contribution in [2.24, 2.45) is 0 Å². The first-order valence-corrected chi connectivity index (χ1v) is 7.42. The van der Waals surface area contributed by atoms with E-state index in [9.17, 15) is 5.11 Å². The number of ether oxygens (including phenoxy) is 2. The number of aliphatic hydroxyl groups excluding tert-OH is 1. The molecule has 2 rings (SSSR count). The summed E-state index contributed by atoms with van der Waals surface area (Å²) in [5, 5.41) is 11.7. The Kier molecular flexibility index (Phi) is 5.54. The molecule has 2 aromatic rings. The van der Waals surface area contributed by atoms with Crippen molar-refractivity contribution in [2.45, 2.75) is 13.5 Å². The van der Waals surface area contributed by atoms with Crippen LogP contribution in [0.3, 0.4) is 0 Å². The van der Waals surface area contributed by atoms with Crippen LogP contribution in [-0.2, 0) is 11.3 Å². The van der Waals surface area contributed by atoms with Crippen LogP contribution in [0.25, 0.3) is 0 Å². The van der Waals surface area contributed by atoms with Gasteiger partial charge in [0.05, 0.1) is 6.61 Å². The Morgan fingerprint density at radius 3 is 2.65 bits per heavy atom. The maximum Gasteiger partial charge on any atom is 0.188 e. The van der Waals surface area contributed by atoms with Gasteiger partial charge in [0.1, 0.15) is 5.75 Å². The van der Waals surface area contributed by atoms with Crippen LogP contribution >= 0.6 is 8.58 Å². The van der Waals surface area contributed by atoms with Crippen molar-refractivity contribution in [3.63, 3.8) is 0 Å². The van der Waals surface area contributed by atoms with Gasteiger partial charge in [-0.1, -0.05) is 44.5 Å². The first-order valence-electron chi connectivity index (χ1n) is 6.42. The van der Waals surface area contributed by atoms with E-state index in [0.29, 0.717) is 8.58 Å². The third-order valence-corrected chi connectivity index (χ3v) is 4.34. The molecular weight excluding hydrogens is 271 g/mol. The Morgan fingerprint density at radius 1 is 1.10 bits per heavy atom. The van der Waals surface area contributed by atoms with Crippen molar-refractivity contribution in [3.8, 4) is 5.75 Å². The molecule has 0 saturated carbocycles. The molecule has 0 radical (unpaired) electrons. The Bertz CT molecular complexity index is 569. The molecular formula is C16H19O3P. The summed E-state index contributed by atoms with van der Waals surface area (Å²) in [5.74, 6) is 0.837. The fraction of sp³-hybridized carbons (Fsp3) is 0.250. The summed E-state index contributed by atoms with van der Waals surface area (Å²) < 4.78 is 10.6. The minimum Gasteiger partial charge on any atom is -0.467 e. The Morgan fingerprint density at radius 2 is 1.90 bits per heavy atom. The number of aliphatic hydroxyl groups is 1. The molecule has 0 aliphatic rings. The van der Waals surface area contributed by atoms with Crippen LogP contribution in [0.4, 0.5) is 0 Å². The van der Waals surface area contributed by atoms with E-state index in [1.165, 1.54) is 5.56 Å². The average Bonchev–Trinajstić information content (AvgIpc) is 2.47. The van der Waals surface area contributed by atoms with E-state index in [2.05, 4.69) is 13.0 Å². The van der Waals surface area contributed by atoms with Gasteiger partial charge >= 0.3 is 0 Å². The number of hydrogen-bond donors (Lipinski definition) is 1. The first kappa shape index (κ1) is 15.0. The van der Waals surface area contributed by atoms with Gasteiger partial charge in [-0.25, -0.2) is 0 Å². The van der Waals surface area contributed by atoms with Crippen LogP contribution in [0.2, 0.25) is 0 Å². The molecule has 0 heterocycles. The largest absolute Gasteiger partial charge is 0.467 e. The minimum absolute atomic E-state index is 0.0588. The molecule has 1 atom stereocenters. The van der Waals surface area contributed by atoms with Crippen LogP contribution in [0.15, 0.2) is 42.5 Å². The van der Waals surface area contributed by atoms with Crippen molar-refractivity contribution < 1.29 is 14.6 Å². The minimum atomic E-state index is 0.0588. The molecule has 1 unspecified atom stereocenters. The van der Waals surface area contributed by atoms with E-state index >= 15 is 0 Å². The molecule has 0 spiro atoms. The van der Waals surface area contributed by atoms with Crippen molar-refractivity contribution in [3.05, 3.63) is 53.6 Å². The highest BCUT2D eigenvalue weighted by molar-refractivity contribution is 7.55. The second-order valence-corrected chi connectivity index (χ2v) is 5.82. The van der Waals surface area contributed by atoms with Crippen LogP contribution in [0, 0.1) is 6.92 Å². The van der Waals surface area contributed by atoms with Crippen LogP contribution in [0.5, 0.6) is 5.75 Å². The van der Waals surface area contributed by atoms with Gasteiger partial charge in [0.15, 0.2) is 6.79 Å². The Balaban J connectivity index is 2.29. The van der Waals surface area contributed by atoms with E-state index in [0.717, 1.165) is 21.9 Å². The smallest absolute Gasteiger partial charge is 0.188 e. The molecule has 0 aliphatic carbocycles. The van der Waals surface area contributed by atoms with Gasteiger partial charge in [0, 0.05) is 12.4 Å². The summed E-state index contributed by atoms with van der Waals surface area (Å²) in [6, 6.07) is 14.1. The summed E-state index contributed by atoms with van der Waals surface area (Å²) in [6.45, 7) is 2.36. The molecule has 20 heavy (non-hydrogen) atoms. The van der Waals surface area contributed by atoms with Crippen LogP contribution in [-0.4, -0.2) is 19.0 Å². The fourth-order valence-electron chi connectivity index (χ4n) is 1.91. The highest BCUT2D eigenvalue weighted by Gasteiger charge is 2.08. The lowest BCUT2D eigenvalue weighted by Crippen LogP contribution is -2.13. The molecule has 1 N–H and O–H groups in total. The Hall–Kier alpha value is -1.41. The van der Waals surface area contributed by atoms with E-state index < -0.39 is 0 Å². The molecule has 0 saturated heterocycles. The lowest BCUT2D eigenvalue weighted by atomic mass is 10.2. The summed E-state index contributed by atoms with van der Waals surface area (Å²) in [5.41, 5.74) is 2.16. The van der Waals surface area contributed by atoms with E-state index in [4.69, 9.17) is 9.47 Å². The predicted molar refractivity (Wildman–Crippen MR) is 83.6 cm³/mol. The lowest BCUT2D eigenvalue weighted by molar-refractivity contribution is 0.0519. The number of hydrogen-bond acceptors (Lipinski definition) is 3. The third kappa shape index (κ3) is 3.80. The highest BCUT2D eigenvalue weighted by atomic mass is 31.1. The molecule has 106 valence electrons. The number of rotatable bonds is 6. The third-order valence-electron chi connectivity index (χ3n) is 2.92. The maximum absolute atomic E-state index is 9.41. The zero-order chi connectivity index (χ0) is 14.4. The van der Waals surface area contributed by atoms with Gasteiger partial charge < -0.3 is 14.6 Å². The summed E-state index contributed by atoms with van der Waals surface area (Å²) in [4.78, 5) is 0. The number of methoxy groups -OCH3 is 1. The summed E-state index contributed by atoms with van der Waals surface area (Å²) >= 11 is 0. The van der Waals surface area contributed by atoms with Gasteiger partial charge in [0.25, 0.3) is 0 Å². The van der Waals surface area contributed by atoms with Gasteiger partial charge in [-0.3, -0.25) is 0 Å². The second-order valence-electron chi connectivity index (χ2n) is 4.49. The molecule has 3 nitrogen and oxygen atoms in total. The topological polar surface area (TPSA) is 38.7 Å². The summed E-state index contributed by atoms with van der Waals surface area (Å²) in [6.07, 6.45) is 0. The first-order chi connectivity index (χ1) is 9.74. The van der Waals surface area contributed by atoms with Crippen LogP contribution in [0.1, 0.15) is 11.1 Å². The molecule has 2 aromatic carbocycles. The number of aryl methyl sites for hydroxylation is 1. The quantitative estimate of drug-likeness (QED) is 0.654. The standard InChI is InChI=1S/C16H19O3P/c1-12-7-8-14(19-11-18-2)16(9-12)20-15-6-4-3-5-13(15)10-17/h3-9,17,20H,10-11H2,1-2H3. The molecule has 0 aliphatic heterocycles. The summed E-state index contributed by atoms with van der Waals surface area (Å²) in [7, 11) is 2.06. The van der Waals surface area contributed by atoms with E-state index in [-0.39, 0.29) is 13.4 Å². The molecule has 4 heteroatoms. The average molecular weight is 290 g/mol. The zero-order valence-corrected chi connectivity index (χ0v) is 12.7. The van der Waals surface area contributed by atoms with Gasteiger partial charge in [-0.2, -0.15) is 0 Å². The lowest BCUT2D eigenvalue weighted by Gasteiger charge is -2.13.